The van der Waals surface area contributed by atoms with Gasteiger partial charge >= 0.3 is 0 Å². The van der Waals surface area contributed by atoms with Gasteiger partial charge in [-0.25, -0.2) is 0 Å². The lowest BCUT2D eigenvalue weighted by molar-refractivity contribution is -0.923. The van der Waals surface area contributed by atoms with Crippen LogP contribution in [-0.2, 0) is 10.3 Å². The fraction of sp³-hybridized carbons (Fsp3) is 0.333. The molecule has 30 heavy (non-hydrogen) atoms. The molecule has 0 radical (unpaired) electrons. The van der Waals surface area contributed by atoms with Crippen molar-refractivity contribution in [1.29, 1.82) is 0 Å². The molecule has 0 aromatic heterocycles. The first-order valence-electron chi connectivity index (χ1n) is 10.9. The molecule has 0 saturated heterocycles. The van der Waals surface area contributed by atoms with Gasteiger partial charge in [0.1, 0.15) is 12.1 Å². The molecule has 0 aliphatic carbocycles. The van der Waals surface area contributed by atoms with Crippen molar-refractivity contribution >= 4 is 0 Å². The van der Waals surface area contributed by atoms with Gasteiger partial charge in [-0.1, -0.05) is 91.0 Å². The Labute approximate surface area is 192 Å². The number of ether oxygens (including phenoxy) is 1. The molecular weight excluding hydrogens is 434 g/mol. The van der Waals surface area contributed by atoms with E-state index in [1.165, 1.54) is 16.7 Å². The van der Waals surface area contributed by atoms with Crippen LogP contribution in [0.3, 0.4) is 0 Å². The molecule has 2 nitrogen and oxygen atoms in total. The average Bonchev–Trinajstić information content (AvgIpc) is 2.82. The molecule has 0 unspecified atom stereocenters. The Morgan fingerprint density at radius 1 is 0.600 bits per heavy atom. The smallest absolute Gasteiger partial charge is 0.144 e. The fourth-order valence-electron chi connectivity index (χ4n) is 4.31. The van der Waals surface area contributed by atoms with Crippen molar-refractivity contribution in [2.45, 2.75) is 26.4 Å². The highest BCUT2D eigenvalue weighted by atomic mass is 79.9. The van der Waals surface area contributed by atoms with Crippen LogP contribution in [-0.4, -0.2) is 37.3 Å². The quantitative estimate of drug-likeness (QED) is 0.329. The predicted octanol–water partition coefficient (Wildman–Crippen LogP) is 2.88. The number of quaternary nitrogens is 1. The van der Waals surface area contributed by atoms with Crippen molar-refractivity contribution in [3.8, 4) is 0 Å². The third-order valence-corrected chi connectivity index (χ3v) is 6.44. The summed E-state index contributed by atoms with van der Waals surface area (Å²) < 4.78 is 8.01. The molecule has 3 rings (SSSR count). The summed E-state index contributed by atoms with van der Waals surface area (Å²) >= 11 is 0. The Bertz CT molecular complexity index is 743. The lowest BCUT2D eigenvalue weighted by atomic mass is 9.80. The summed E-state index contributed by atoms with van der Waals surface area (Å²) in [6.45, 7) is 12.0. The molecule has 0 amide bonds. The molecule has 0 atom stereocenters. The Balaban J connectivity index is 0.00000320. The zero-order valence-corrected chi connectivity index (χ0v) is 20.0. The maximum atomic E-state index is 6.93. The molecule has 0 saturated carbocycles. The van der Waals surface area contributed by atoms with Gasteiger partial charge in [0.25, 0.3) is 0 Å². The second-order valence-electron chi connectivity index (χ2n) is 7.64. The lowest BCUT2D eigenvalue weighted by Crippen LogP contribution is -3.00. The number of benzene rings is 3. The van der Waals surface area contributed by atoms with Crippen LogP contribution >= 0.6 is 0 Å². The Morgan fingerprint density at radius 3 is 1.23 bits per heavy atom. The first-order valence-corrected chi connectivity index (χ1v) is 10.9. The molecule has 0 bridgehead atoms. The van der Waals surface area contributed by atoms with Gasteiger partial charge in [0.05, 0.1) is 26.2 Å². The van der Waals surface area contributed by atoms with Crippen molar-refractivity contribution in [3.63, 3.8) is 0 Å². The molecular formula is C27H34BrNO. The molecule has 0 heterocycles. The largest absolute Gasteiger partial charge is 1.00 e. The van der Waals surface area contributed by atoms with Crippen LogP contribution in [0.5, 0.6) is 0 Å². The van der Waals surface area contributed by atoms with Crippen LogP contribution in [0.2, 0.25) is 0 Å². The standard InChI is InChI=1S/C27H34NO.BrH/c1-4-28(5-2,6-3)22-23-29-27(24-16-10-7-11-17-24,25-18-12-8-13-19-25)26-20-14-9-15-21-26;/h7-21H,4-6,22-23H2,1-3H3;1H/q+1;/p-1. The van der Waals surface area contributed by atoms with E-state index >= 15 is 0 Å². The van der Waals surface area contributed by atoms with E-state index in [4.69, 9.17) is 4.74 Å². The van der Waals surface area contributed by atoms with Gasteiger partial charge in [-0.05, 0) is 37.5 Å². The first kappa shape index (κ1) is 24.3. The van der Waals surface area contributed by atoms with E-state index in [2.05, 4.69) is 112 Å². The maximum Gasteiger partial charge on any atom is 0.144 e. The third-order valence-electron chi connectivity index (χ3n) is 6.44. The monoisotopic (exact) mass is 467 g/mol. The summed E-state index contributed by atoms with van der Waals surface area (Å²) in [5.41, 5.74) is 2.88. The summed E-state index contributed by atoms with van der Waals surface area (Å²) in [6, 6.07) is 31.9. The van der Waals surface area contributed by atoms with Gasteiger partial charge in [-0.3, -0.25) is 0 Å². The molecule has 0 spiro atoms. The van der Waals surface area contributed by atoms with Crippen molar-refractivity contribution in [3.05, 3.63) is 108 Å². The van der Waals surface area contributed by atoms with Gasteiger partial charge in [-0.2, -0.15) is 0 Å². The van der Waals surface area contributed by atoms with E-state index in [0.29, 0.717) is 6.61 Å². The van der Waals surface area contributed by atoms with Crippen molar-refractivity contribution in [2.24, 2.45) is 0 Å². The number of hydrogen-bond acceptors (Lipinski definition) is 1. The van der Waals surface area contributed by atoms with Crippen LogP contribution in [0.25, 0.3) is 0 Å². The number of nitrogens with zero attached hydrogens (tertiary/aromatic N) is 1. The highest BCUT2D eigenvalue weighted by molar-refractivity contribution is 5.47. The zero-order valence-electron chi connectivity index (χ0n) is 18.4. The Morgan fingerprint density at radius 2 is 0.933 bits per heavy atom. The summed E-state index contributed by atoms with van der Waals surface area (Å²) in [5, 5.41) is 0. The van der Waals surface area contributed by atoms with Crippen molar-refractivity contribution in [2.75, 3.05) is 32.8 Å². The summed E-state index contributed by atoms with van der Waals surface area (Å²) in [7, 11) is 0. The fourth-order valence-corrected chi connectivity index (χ4v) is 4.31. The first-order chi connectivity index (χ1) is 14.2. The van der Waals surface area contributed by atoms with E-state index < -0.39 is 5.60 Å². The second kappa shape index (κ2) is 11.5. The van der Waals surface area contributed by atoms with Gasteiger partial charge in [0.15, 0.2) is 0 Å². The second-order valence-corrected chi connectivity index (χ2v) is 7.64. The minimum Gasteiger partial charge on any atom is -1.00 e. The minimum absolute atomic E-state index is 0. The van der Waals surface area contributed by atoms with Crippen LogP contribution < -0.4 is 17.0 Å². The molecule has 3 aromatic carbocycles. The summed E-state index contributed by atoms with van der Waals surface area (Å²) in [6.07, 6.45) is 0. The van der Waals surface area contributed by atoms with Gasteiger partial charge in [0, 0.05) is 0 Å². The molecule has 0 fully saturated rings. The Kier molecular flexibility index (Phi) is 9.29. The number of rotatable bonds is 10. The molecule has 3 aromatic rings. The topological polar surface area (TPSA) is 9.23 Å². The zero-order chi connectivity index (χ0) is 20.6. The van der Waals surface area contributed by atoms with Crippen LogP contribution in [0.15, 0.2) is 91.0 Å². The average molecular weight is 468 g/mol. The van der Waals surface area contributed by atoms with Gasteiger partial charge in [-0.15, -0.1) is 0 Å². The highest BCUT2D eigenvalue weighted by Gasteiger charge is 2.38. The normalized spacial score (nSPS) is 11.7. The predicted molar refractivity (Wildman–Crippen MR) is 122 cm³/mol. The third kappa shape index (κ3) is 5.03. The SMILES string of the molecule is CC[N+](CC)(CC)CCOC(c1ccccc1)(c1ccccc1)c1ccccc1.[Br-]. The van der Waals surface area contributed by atoms with E-state index in [-0.39, 0.29) is 17.0 Å². The van der Waals surface area contributed by atoms with E-state index in [1.54, 1.807) is 0 Å². The van der Waals surface area contributed by atoms with Crippen LogP contribution in [0.1, 0.15) is 37.5 Å². The van der Waals surface area contributed by atoms with Gasteiger partial charge < -0.3 is 26.2 Å². The van der Waals surface area contributed by atoms with Crippen molar-refractivity contribution < 1.29 is 26.2 Å². The van der Waals surface area contributed by atoms with E-state index in [0.717, 1.165) is 30.7 Å². The lowest BCUT2D eigenvalue weighted by Gasteiger charge is -2.39. The molecule has 0 N–H and O–H groups in total. The summed E-state index contributed by atoms with van der Waals surface area (Å²) in [5.74, 6) is 0. The van der Waals surface area contributed by atoms with Crippen LogP contribution in [0.4, 0.5) is 0 Å². The highest BCUT2D eigenvalue weighted by Crippen LogP contribution is 2.40. The molecule has 0 aliphatic rings. The van der Waals surface area contributed by atoms with Gasteiger partial charge in [0.2, 0.25) is 0 Å². The molecule has 0 aliphatic heterocycles. The molecule has 3 heteroatoms. The number of hydrogen-bond donors (Lipinski definition) is 0. The van der Waals surface area contributed by atoms with Crippen LogP contribution in [0, 0.1) is 0 Å². The maximum absolute atomic E-state index is 6.93. The molecule has 160 valence electrons. The summed E-state index contributed by atoms with van der Waals surface area (Å²) in [4.78, 5) is 0. The minimum atomic E-state index is -0.616. The number of likely N-dealkylation sites (N-methyl/N-ethyl adjacent to an activating group) is 1. The number of halogens is 1. The van der Waals surface area contributed by atoms with E-state index in [9.17, 15) is 0 Å². The van der Waals surface area contributed by atoms with Crippen molar-refractivity contribution in [1.82, 2.24) is 0 Å². The Hall–Kier alpha value is -1.94. The van der Waals surface area contributed by atoms with E-state index in [1.807, 2.05) is 0 Å².